The van der Waals surface area contributed by atoms with E-state index in [1.54, 1.807) is 11.3 Å². The molecular weight excluding hydrogens is 268 g/mol. The lowest BCUT2D eigenvalue weighted by molar-refractivity contribution is -0.108. The fourth-order valence-corrected chi connectivity index (χ4v) is 3.59. The third kappa shape index (κ3) is 2.77. The summed E-state index contributed by atoms with van der Waals surface area (Å²) in [4.78, 5) is 6.89. The van der Waals surface area contributed by atoms with E-state index in [-0.39, 0.29) is 0 Å². The summed E-state index contributed by atoms with van der Waals surface area (Å²) in [5.41, 5.74) is 1.54. The first-order chi connectivity index (χ1) is 9.69. The number of β-amino-alcohol motifs (C(OH)–C–C–N with tert-alkyl or cyclic N) is 1. The molecule has 1 saturated heterocycles. The van der Waals surface area contributed by atoms with Crippen molar-refractivity contribution in [2.75, 3.05) is 13.1 Å². The van der Waals surface area contributed by atoms with E-state index in [9.17, 15) is 5.11 Å². The van der Waals surface area contributed by atoms with E-state index in [1.807, 2.05) is 30.3 Å². The average molecular weight is 288 g/mol. The van der Waals surface area contributed by atoms with Crippen molar-refractivity contribution in [3.8, 4) is 0 Å². The molecule has 3 rings (SSSR count). The van der Waals surface area contributed by atoms with E-state index in [4.69, 9.17) is 0 Å². The molecule has 0 atom stereocenters. The Labute approximate surface area is 123 Å². The van der Waals surface area contributed by atoms with Crippen LogP contribution in [0.15, 0.2) is 35.7 Å². The first-order valence-electron chi connectivity index (χ1n) is 7.13. The Kier molecular flexibility index (Phi) is 3.87. The molecule has 106 valence electrons. The van der Waals surface area contributed by atoms with E-state index < -0.39 is 5.60 Å². The van der Waals surface area contributed by atoms with Gasteiger partial charge in [0.2, 0.25) is 0 Å². The Morgan fingerprint density at radius 2 is 2.05 bits per heavy atom. The third-order valence-corrected chi connectivity index (χ3v) is 4.63. The fourth-order valence-electron chi connectivity index (χ4n) is 2.72. The lowest BCUT2D eigenvalue weighted by Gasteiger charge is -2.46. The molecule has 0 amide bonds. The van der Waals surface area contributed by atoms with E-state index in [1.165, 1.54) is 5.69 Å². The Hall–Kier alpha value is -1.23. The second kappa shape index (κ2) is 5.64. The van der Waals surface area contributed by atoms with Crippen molar-refractivity contribution < 1.29 is 5.11 Å². The van der Waals surface area contributed by atoms with Crippen LogP contribution in [0, 0.1) is 0 Å². The van der Waals surface area contributed by atoms with Crippen LogP contribution < -0.4 is 0 Å². The maximum atomic E-state index is 10.6. The third-order valence-electron chi connectivity index (χ3n) is 3.75. The summed E-state index contributed by atoms with van der Waals surface area (Å²) < 4.78 is 0. The van der Waals surface area contributed by atoms with Gasteiger partial charge in [-0.3, -0.25) is 4.90 Å². The van der Waals surface area contributed by atoms with Gasteiger partial charge in [0, 0.05) is 18.5 Å². The molecule has 1 aliphatic heterocycles. The smallest absolute Gasteiger partial charge is 0.115 e. The maximum Gasteiger partial charge on any atom is 0.115 e. The van der Waals surface area contributed by atoms with Crippen LogP contribution in [0.3, 0.4) is 0 Å². The highest BCUT2D eigenvalue weighted by atomic mass is 32.1. The van der Waals surface area contributed by atoms with Crippen molar-refractivity contribution in [1.82, 2.24) is 9.88 Å². The van der Waals surface area contributed by atoms with Crippen molar-refractivity contribution in [3.63, 3.8) is 0 Å². The molecule has 1 N–H and O–H groups in total. The van der Waals surface area contributed by atoms with Gasteiger partial charge in [0.1, 0.15) is 10.6 Å². The number of aryl methyl sites for hydroxylation is 1. The summed E-state index contributed by atoms with van der Waals surface area (Å²) in [6.45, 7) is 4.41. The Morgan fingerprint density at radius 1 is 1.30 bits per heavy atom. The summed E-state index contributed by atoms with van der Waals surface area (Å²) in [6.07, 6.45) is 2.20. The summed E-state index contributed by atoms with van der Waals surface area (Å²) >= 11 is 1.73. The average Bonchev–Trinajstić information content (AvgIpc) is 2.86. The lowest BCUT2D eigenvalue weighted by atomic mass is 9.86. The Morgan fingerprint density at radius 3 is 2.75 bits per heavy atom. The Bertz CT molecular complexity index is 561. The standard InChI is InChI=1S/C16H20N2OS/c1-2-6-14-10-20-15(17-14)9-18-11-16(19,12-18)13-7-4-3-5-8-13/h3-5,7-8,10,19H,2,6,9,11-12H2,1H3. The predicted octanol–water partition coefficient (Wildman–Crippen LogP) is 2.80. The van der Waals surface area contributed by atoms with Crippen LogP contribution >= 0.6 is 11.3 Å². The highest BCUT2D eigenvalue weighted by molar-refractivity contribution is 7.09. The maximum absolute atomic E-state index is 10.6. The fraction of sp³-hybridized carbons (Fsp3) is 0.438. The van der Waals surface area contributed by atoms with Crippen LogP contribution in [-0.2, 0) is 18.6 Å². The van der Waals surface area contributed by atoms with Crippen molar-refractivity contribution in [2.45, 2.75) is 31.9 Å². The molecule has 0 bridgehead atoms. The molecule has 0 spiro atoms. The molecule has 0 saturated carbocycles. The predicted molar refractivity (Wildman–Crippen MR) is 81.7 cm³/mol. The minimum absolute atomic E-state index is 0.676. The molecular formula is C16H20N2OS. The molecule has 0 aliphatic carbocycles. The summed E-state index contributed by atoms with van der Waals surface area (Å²) in [5, 5.41) is 13.9. The van der Waals surface area contributed by atoms with Gasteiger partial charge in [0.05, 0.1) is 12.2 Å². The van der Waals surface area contributed by atoms with Gasteiger partial charge in [0.25, 0.3) is 0 Å². The zero-order valence-corrected chi connectivity index (χ0v) is 12.6. The monoisotopic (exact) mass is 288 g/mol. The minimum atomic E-state index is -0.676. The van der Waals surface area contributed by atoms with Crippen molar-refractivity contribution in [2.24, 2.45) is 0 Å². The first kappa shape index (κ1) is 13.7. The van der Waals surface area contributed by atoms with Gasteiger partial charge in [-0.15, -0.1) is 11.3 Å². The molecule has 4 heteroatoms. The normalized spacial score (nSPS) is 17.9. The topological polar surface area (TPSA) is 36.4 Å². The van der Waals surface area contributed by atoms with Gasteiger partial charge in [-0.25, -0.2) is 4.98 Å². The molecule has 1 aromatic carbocycles. The second-order valence-electron chi connectivity index (χ2n) is 5.53. The molecule has 1 aromatic heterocycles. The minimum Gasteiger partial charge on any atom is -0.382 e. The molecule has 2 heterocycles. The summed E-state index contributed by atoms with van der Waals surface area (Å²) in [5.74, 6) is 0. The molecule has 1 fully saturated rings. The van der Waals surface area contributed by atoms with E-state index in [0.717, 1.165) is 30.0 Å². The highest BCUT2D eigenvalue weighted by Gasteiger charge is 2.42. The van der Waals surface area contributed by atoms with Crippen LogP contribution in [0.25, 0.3) is 0 Å². The molecule has 3 nitrogen and oxygen atoms in total. The molecule has 2 aromatic rings. The quantitative estimate of drug-likeness (QED) is 0.919. The number of nitrogens with zero attached hydrogens (tertiary/aromatic N) is 2. The number of rotatable bonds is 5. The zero-order valence-electron chi connectivity index (χ0n) is 11.7. The summed E-state index contributed by atoms with van der Waals surface area (Å²) in [7, 11) is 0. The number of thiazole rings is 1. The molecule has 1 aliphatic rings. The largest absolute Gasteiger partial charge is 0.382 e. The van der Waals surface area contributed by atoms with E-state index in [0.29, 0.717) is 13.1 Å². The van der Waals surface area contributed by atoms with Gasteiger partial charge in [-0.05, 0) is 12.0 Å². The number of benzene rings is 1. The van der Waals surface area contributed by atoms with Gasteiger partial charge < -0.3 is 5.11 Å². The number of hydrogen-bond donors (Lipinski definition) is 1. The number of aliphatic hydroxyl groups is 1. The number of likely N-dealkylation sites (tertiary alicyclic amines) is 1. The highest BCUT2D eigenvalue weighted by Crippen LogP contribution is 2.33. The van der Waals surface area contributed by atoms with Gasteiger partial charge in [-0.1, -0.05) is 43.7 Å². The molecule has 20 heavy (non-hydrogen) atoms. The SMILES string of the molecule is CCCc1csc(CN2CC(O)(c3ccccc3)C2)n1. The second-order valence-corrected chi connectivity index (χ2v) is 6.47. The molecule has 0 unspecified atom stereocenters. The van der Waals surface area contributed by atoms with Crippen molar-refractivity contribution in [3.05, 3.63) is 52.0 Å². The van der Waals surface area contributed by atoms with Gasteiger partial charge >= 0.3 is 0 Å². The molecule has 0 radical (unpaired) electrons. The van der Waals surface area contributed by atoms with E-state index in [2.05, 4.69) is 22.2 Å². The Balaban J connectivity index is 1.57. The van der Waals surface area contributed by atoms with Gasteiger partial charge in [0.15, 0.2) is 0 Å². The van der Waals surface area contributed by atoms with Gasteiger partial charge in [-0.2, -0.15) is 0 Å². The summed E-state index contributed by atoms with van der Waals surface area (Å²) in [6, 6.07) is 9.94. The van der Waals surface area contributed by atoms with Crippen molar-refractivity contribution >= 4 is 11.3 Å². The number of aromatic nitrogens is 1. The van der Waals surface area contributed by atoms with Crippen LogP contribution in [0.2, 0.25) is 0 Å². The lowest BCUT2D eigenvalue weighted by Crippen LogP contribution is -2.58. The van der Waals surface area contributed by atoms with E-state index >= 15 is 0 Å². The van der Waals surface area contributed by atoms with Crippen molar-refractivity contribution in [1.29, 1.82) is 0 Å². The number of hydrogen-bond acceptors (Lipinski definition) is 4. The van der Waals surface area contributed by atoms with Crippen LogP contribution in [0.5, 0.6) is 0 Å². The van der Waals surface area contributed by atoms with Crippen LogP contribution in [0.1, 0.15) is 29.6 Å². The van der Waals surface area contributed by atoms with Crippen LogP contribution in [0.4, 0.5) is 0 Å². The van der Waals surface area contributed by atoms with Crippen LogP contribution in [-0.4, -0.2) is 28.1 Å². The zero-order chi connectivity index (χ0) is 14.0. The first-order valence-corrected chi connectivity index (χ1v) is 8.01.